The molecule has 0 atom stereocenters. The van der Waals surface area contributed by atoms with Crippen molar-refractivity contribution in [3.63, 3.8) is 0 Å². The van der Waals surface area contributed by atoms with E-state index in [9.17, 15) is 12.8 Å². The Morgan fingerprint density at radius 3 is 2.59 bits per heavy atom. The van der Waals surface area contributed by atoms with Crippen molar-refractivity contribution >= 4 is 33.2 Å². The van der Waals surface area contributed by atoms with Crippen molar-refractivity contribution in [2.75, 3.05) is 13.1 Å². The molecule has 1 rings (SSSR count). The Balaban J connectivity index is 3.04. The van der Waals surface area contributed by atoms with Gasteiger partial charge in [0.1, 0.15) is 4.90 Å². The van der Waals surface area contributed by atoms with Crippen LogP contribution in [0.2, 0.25) is 10.0 Å². The van der Waals surface area contributed by atoms with E-state index in [1.165, 1.54) is 0 Å². The highest BCUT2D eigenvalue weighted by Crippen LogP contribution is 2.29. The molecule has 0 aliphatic heterocycles. The first kappa shape index (κ1) is 14.7. The molecule has 1 aromatic carbocycles. The van der Waals surface area contributed by atoms with Crippen molar-refractivity contribution in [1.29, 1.82) is 0 Å². The lowest BCUT2D eigenvalue weighted by atomic mass is 10.3. The fourth-order valence-electron chi connectivity index (χ4n) is 1.10. The SMILES string of the molecule is NCCCNS(=O)(=O)c1ccc(Cl)c(F)c1Cl. The molecule has 8 heteroatoms. The van der Waals surface area contributed by atoms with Gasteiger partial charge in [-0.05, 0) is 25.1 Å². The van der Waals surface area contributed by atoms with Crippen molar-refractivity contribution in [2.45, 2.75) is 11.3 Å². The fourth-order valence-corrected chi connectivity index (χ4v) is 2.92. The molecule has 0 amide bonds. The van der Waals surface area contributed by atoms with Crippen LogP contribution in [0.5, 0.6) is 0 Å². The summed E-state index contributed by atoms with van der Waals surface area (Å²) in [5, 5.41) is -0.742. The Morgan fingerprint density at radius 2 is 2.00 bits per heavy atom. The van der Waals surface area contributed by atoms with Gasteiger partial charge in [0, 0.05) is 6.54 Å². The van der Waals surface area contributed by atoms with Crippen LogP contribution in [0.3, 0.4) is 0 Å². The normalized spacial score (nSPS) is 11.8. The van der Waals surface area contributed by atoms with Crippen LogP contribution in [0.4, 0.5) is 4.39 Å². The molecular weight excluding hydrogens is 290 g/mol. The van der Waals surface area contributed by atoms with Gasteiger partial charge in [-0.1, -0.05) is 23.2 Å². The second-order valence-corrected chi connectivity index (χ2v) is 5.73. The Labute approximate surface area is 109 Å². The van der Waals surface area contributed by atoms with Gasteiger partial charge >= 0.3 is 0 Å². The summed E-state index contributed by atoms with van der Waals surface area (Å²) in [5.41, 5.74) is 5.23. The molecule has 4 nitrogen and oxygen atoms in total. The zero-order chi connectivity index (χ0) is 13.1. The van der Waals surface area contributed by atoms with Crippen LogP contribution in [0, 0.1) is 5.82 Å². The van der Waals surface area contributed by atoms with Crippen LogP contribution in [0.1, 0.15) is 6.42 Å². The Morgan fingerprint density at radius 1 is 1.35 bits per heavy atom. The second kappa shape index (κ2) is 5.97. The minimum absolute atomic E-state index is 0.166. The summed E-state index contributed by atoms with van der Waals surface area (Å²) in [6.07, 6.45) is 0.479. The average Bonchev–Trinajstić information content (AvgIpc) is 2.26. The number of benzene rings is 1. The molecule has 17 heavy (non-hydrogen) atoms. The maximum Gasteiger partial charge on any atom is 0.242 e. The summed E-state index contributed by atoms with van der Waals surface area (Å²) >= 11 is 11.1. The third kappa shape index (κ3) is 3.53. The number of nitrogens with one attached hydrogen (secondary N) is 1. The van der Waals surface area contributed by atoms with Gasteiger partial charge in [0.05, 0.1) is 10.0 Å². The van der Waals surface area contributed by atoms with E-state index in [4.69, 9.17) is 28.9 Å². The molecule has 1 aromatic rings. The third-order valence-electron chi connectivity index (χ3n) is 1.96. The lowest BCUT2D eigenvalue weighted by Gasteiger charge is -2.08. The summed E-state index contributed by atoms with van der Waals surface area (Å²) in [6, 6.07) is 2.29. The van der Waals surface area contributed by atoms with Crippen molar-refractivity contribution in [2.24, 2.45) is 5.73 Å². The molecular formula is C9H11Cl2FN2O2S. The molecule has 0 fully saturated rings. The van der Waals surface area contributed by atoms with Crippen molar-refractivity contribution in [1.82, 2.24) is 4.72 Å². The maximum absolute atomic E-state index is 13.3. The predicted molar refractivity (Wildman–Crippen MR) is 65.3 cm³/mol. The molecule has 0 aromatic heterocycles. The van der Waals surface area contributed by atoms with E-state index in [1.807, 2.05) is 0 Å². The van der Waals surface area contributed by atoms with Gasteiger partial charge in [-0.2, -0.15) is 0 Å². The molecule has 3 N–H and O–H groups in total. The van der Waals surface area contributed by atoms with Gasteiger partial charge in [0.15, 0.2) is 5.82 Å². The largest absolute Gasteiger partial charge is 0.330 e. The monoisotopic (exact) mass is 300 g/mol. The summed E-state index contributed by atoms with van der Waals surface area (Å²) in [4.78, 5) is -0.335. The van der Waals surface area contributed by atoms with Crippen molar-refractivity contribution in [3.05, 3.63) is 28.0 Å². The zero-order valence-corrected chi connectivity index (χ0v) is 11.0. The van der Waals surface area contributed by atoms with Gasteiger partial charge in [-0.25, -0.2) is 17.5 Å². The quantitative estimate of drug-likeness (QED) is 0.643. The van der Waals surface area contributed by atoms with Gasteiger partial charge in [-0.15, -0.1) is 0 Å². The zero-order valence-electron chi connectivity index (χ0n) is 8.71. The van der Waals surface area contributed by atoms with Crippen LogP contribution >= 0.6 is 23.2 Å². The molecule has 0 saturated carbocycles. The molecule has 0 heterocycles. The molecule has 0 aliphatic rings. The molecule has 96 valence electrons. The number of hydrogen-bond donors (Lipinski definition) is 2. The number of sulfonamides is 1. The average molecular weight is 301 g/mol. The highest BCUT2D eigenvalue weighted by molar-refractivity contribution is 7.89. The van der Waals surface area contributed by atoms with E-state index < -0.39 is 20.9 Å². The first-order valence-corrected chi connectivity index (χ1v) is 6.97. The second-order valence-electron chi connectivity index (χ2n) is 3.21. The van der Waals surface area contributed by atoms with Crippen LogP contribution in [0.15, 0.2) is 17.0 Å². The van der Waals surface area contributed by atoms with Crippen molar-refractivity contribution < 1.29 is 12.8 Å². The minimum atomic E-state index is -3.84. The van der Waals surface area contributed by atoms with E-state index in [-0.39, 0.29) is 16.5 Å². The first-order valence-electron chi connectivity index (χ1n) is 4.73. The Hall–Kier alpha value is -0.400. The number of hydrogen-bond acceptors (Lipinski definition) is 3. The molecule has 0 radical (unpaired) electrons. The predicted octanol–water partition coefficient (Wildman–Crippen LogP) is 1.76. The Kier molecular flexibility index (Phi) is 5.15. The smallest absolute Gasteiger partial charge is 0.242 e. The van der Waals surface area contributed by atoms with Gasteiger partial charge in [0.2, 0.25) is 10.0 Å². The van der Waals surface area contributed by atoms with E-state index in [2.05, 4.69) is 4.72 Å². The van der Waals surface area contributed by atoms with Gasteiger partial charge in [0.25, 0.3) is 0 Å². The fraction of sp³-hybridized carbons (Fsp3) is 0.333. The van der Waals surface area contributed by atoms with E-state index >= 15 is 0 Å². The molecule has 0 spiro atoms. The molecule has 0 aliphatic carbocycles. The summed E-state index contributed by atoms with van der Waals surface area (Å²) in [7, 11) is -3.84. The van der Waals surface area contributed by atoms with E-state index in [0.717, 1.165) is 12.1 Å². The third-order valence-corrected chi connectivity index (χ3v) is 4.24. The summed E-state index contributed by atoms with van der Waals surface area (Å²) < 4.78 is 39.1. The molecule has 0 unspecified atom stereocenters. The number of nitrogens with two attached hydrogens (primary N) is 1. The number of rotatable bonds is 5. The van der Waals surface area contributed by atoms with Crippen LogP contribution in [0.25, 0.3) is 0 Å². The number of halogens is 3. The van der Waals surface area contributed by atoms with Crippen molar-refractivity contribution in [3.8, 4) is 0 Å². The van der Waals surface area contributed by atoms with Gasteiger partial charge < -0.3 is 5.73 Å². The summed E-state index contributed by atoms with van der Waals surface area (Å²) in [6.45, 7) is 0.518. The van der Waals surface area contributed by atoms with Crippen LogP contribution in [-0.2, 0) is 10.0 Å². The van der Waals surface area contributed by atoms with Crippen LogP contribution in [-0.4, -0.2) is 21.5 Å². The molecule has 0 bridgehead atoms. The van der Waals surface area contributed by atoms with E-state index in [1.54, 1.807) is 0 Å². The van der Waals surface area contributed by atoms with E-state index in [0.29, 0.717) is 13.0 Å². The highest BCUT2D eigenvalue weighted by atomic mass is 35.5. The highest BCUT2D eigenvalue weighted by Gasteiger charge is 2.21. The summed E-state index contributed by atoms with van der Waals surface area (Å²) in [5.74, 6) is -0.949. The topological polar surface area (TPSA) is 72.2 Å². The lowest BCUT2D eigenvalue weighted by Crippen LogP contribution is -2.26. The minimum Gasteiger partial charge on any atom is -0.330 e. The van der Waals surface area contributed by atoms with Crippen LogP contribution < -0.4 is 10.5 Å². The standard InChI is InChI=1S/C9H11Cl2FN2O2S/c10-6-2-3-7(8(11)9(6)12)17(15,16)14-5-1-4-13/h2-3,14H,1,4-5,13H2. The maximum atomic E-state index is 13.3. The van der Waals surface area contributed by atoms with Gasteiger partial charge in [-0.3, -0.25) is 0 Å². The Bertz CT molecular complexity index is 508. The lowest BCUT2D eigenvalue weighted by molar-refractivity contribution is 0.576. The first-order chi connectivity index (χ1) is 7.90. The molecule has 0 saturated heterocycles.